The van der Waals surface area contributed by atoms with Crippen LogP contribution < -0.4 is 63.2 Å². The Balaban J connectivity index is 0.00000642. The van der Waals surface area contributed by atoms with Gasteiger partial charge in [-0.15, -0.1) is 0 Å². The number of anilines is 8. The van der Waals surface area contributed by atoms with Crippen molar-refractivity contribution < 1.29 is 61.5 Å². The normalized spacial score (nSPS) is 12.2. The van der Waals surface area contributed by atoms with Gasteiger partial charge in [0.25, 0.3) is 0 Å². The van der Waals surface area contributed by atoms with E-state index in [1.165, 1.54) is 6.92 Å². The maximum Gasteiger partial charge on any atom is 1.00 e. The molecule has 0 saturated carbocycles. The largest absolute Gasteiger partial charge is 1.00 e. The molecule has 1 atom stereocenters. The molecule has 0 saturated heterocycles. The van der Waals surface area contributed by atoms with Crippen LogP contribution in [0.3, 0.4) is 0 Å². The van der Waals surface area contributed by atoms with Gasteiger partial charge in [0.05, 0.1) is 49.9 Å². The van der Waals surface area contributed by atoms with Gasteiger partial charge in [0.2, 0.25) is 0 Å². The molecule has 0 N–H and O–H groups in total. The molecule has 0 fully saturated rings. The molecular weight excluding hydrogens is 914 g/mol. The van der Waals surface area contributed by atoms with Crippen molar-refractivity contribution in [2.75, 3.05) is 49.7 Å². The summed E-state index contributed by atoms with van der Waals surface area (Å²) in [5.41, 5.74) is 11.9. The molecule has 1 aliphatic heterocycles. The van der Waals surface area contributed by atoms with Gasteiger partial charge >= 0.3 is 29.6 Å². The molecular formula is C56H50N3NaO7S2. The van der Waals surface area contributed by atoms with Crippen LogP contribution >= 0.6 is 11.8 Å². The third-order valence-electron chi connectivity index (χ3n) is 12.2. The van der Waals surface area contributed by atoms with Gasteiger partial charge in [-0.3, -0.25) is 0 Å². The standard InChI is InChI=1S/C56H51N3O7S2.Na/c1-38(68(60,61)62)34-35-57-53-32-10-41(39-6-12-43(13-7-39)58(45-16-24-49(63-2)25-17-45)46-18-26-50(64-3)27-19-46)36-55(53)67-56-37-42(11-33-54(56)57)40-8-14-44(15-9-40)59(47-20-28-51(65-4)29-21-47)48-22-30-52(66-5)31-23-48;/h6-33,36-38H,34-35H2,1-5H3,(H,60,61,62);/q;+1/p-1. The van der Waals surface area contributed by atoms with Crippen LogP contribution in [-0.4, -0.2) is 53.2 Å². The number of fused-ring (bicyclic) bond motifs is 2. The van der Waals surface area contributed by atoms with E-state index < -0.39 is 15.4 Å². The summed E-state index contributed by atoms with van der Waals surface area (Å²) in [5, 5.41) is -1.04. The molecule has 0 spiro atoms. The summed E-state index contributed by atoms with van der Waals surface area (Å²) in [7, 11) is 2.18. The maximum absolute atomic E-state index is 12.1. The van der Waals surface area contributed by atoms with Gasteiger partial charge in [0.15, 0.2) is 0 Å². The molecule has 1 unspecified atom stereocenters. The maximum atomic E-state index is 12.1. The molecule has 344 valence electrons. The van der Waals surface area contributed by atoms with E-state index in [4.69, 9.17) is 18.9 Å². The van der Waals surface area contributed by atoms with Gasteiger partial charge in [-0.05, 0) is 181 Å². The molecule has 13 heteroatoms. The Morgan fingerprint density at radius 3 is 1.01 bits per heavy atom. The van der Waals surface area contributed by atoms with Gasteiger partial charge < -0.3 is 38.2 Å². The monoisotopic (exact) mass is 963 g/mol. The molecule has 10 nitrogen and oxygen atoms in total. The predicted molar refractivity (Wildman–Crippen MR) is 274 cm³/mol. The van der Waals surface area contributed by atoms with Crippen molar-refractivity contribution in [3.8, 4) is 45.3 Å². The summed E-state index contributed by atoms with van der Waals surface area (Å²) >= 11 is 1.68. The second-order valence-corrected chi connectivity index (χ2v) is 19.1. The van der Waals surface area contributed by atoms with Crippen LogP contribution in [0.2, 0.25) is 0 Å². The Kier molecular flexibility index (Phi) is 15.3. The summed E-state index contributed by atoms with van der Waals surface area (Å²) in [6, 6.07) is 61.7. The number of hydrogen-bond donors (Lipinski definition) is 0. The van der Waals surface area contributed by atoms with Crippen LogP contribution in [0, 0.1) is 0 Å². The summed E-state index contributed by atoms with van der Waals surface area (Å²) in [6.07, 6.45) is 0.180. The molecule has 0 aromatic heterocycles. The van der Waals surface area contributed by atoms with Crippen molar-refractivity contribution in [2.45, 2.75) is 28.4 Å². The minimum absolute atomic E-state index is 0. The second kappa shape index (κ2) is 21.5. The van der Waals surface area contributed by atoms with Crippen molar-refractivity contribution in [3.05, 3.63) is 182 Å². The molecule has 9 rings (SSSR count). The molecule has 1 aliphatic rings. The van der Waals surface area contributed by atoms with E-state index in [1.807, 2.05) is 97.1 Å². The Labute approximate surface area is 431 Å². The van der Waals surface area contributed by atoms with E-state index in [-0.39, 0.29) is 36.0 Å². The van der Waals surface area contributed by atoms with Crippen LogP contribution in [-0.2, 0) is 10.1 Å². The van der Waals surface area contributed by atoms with Gasteiger partial charge in [0, 0.05) is 55.7 Å². The summed E-state index contributed by atoms with van der Waals surface area (Å²) in [5.74, 6) is 3.11. The van der Waals surface area contributed by atoms with Crippen LogP contribution in [0.5, 0.6) is 23.0 Å². The number of ether oxygens (including phenoxy) is 4. The van der Waals surface area contributed by atoms with Crippen molar-refractivity contribution >= 4 is 67.4 Å². The van der Waals surface area contributed by atoms with Crippen molar-refractivity contribution in [3.63, 3.8) is 0 Å². The SMILES string of the molecule is COc1ccc(N(c2ccc(OC)cc2)c2ccc(-c3ccc4c(c3)Sc3cc(-c5ccc(N(c6ccc(OC)cc6)c6ccc(OC)cc6)cc5)ccc3N4CCC(C)S(=O)(=O)[O-])cc2)cc1.[Na+]. The average molecular weight is 964 g/mol. The van der Waals surface area contributed by atoms with Crippen LogP contribution in [0.4, 0.5) is 45.5 Å². The molecule has 8 aromatic rings. The zero-order chi connectivity index (χ0) is 47.4. The van der Waals surface area contributed by atoms with E-state index in [0.29, 0.717) is 6.54 Å². The quantitative estimate of drug-likeness (QED) is 0.0683. The summed E-state index contributed by atoms with van der Waals surface area (Å²) in [6.45, 7) is 1.83. The predicted octanol–water partition coefficient (Wildman–Crippen LogP) is 10.9. The Morgan fingerprint density at radius 1 is 0.464 bits per heavy atom. The molecule has 0 amide bonds. The van der Waals surface area contributed by atoms with Gasteiger partial charge in [-0.1, -0.05) is 48.2 Å². The average Bonchev–Trinajstić information content (AvgIpc) is 3.38. The Hall–Kier alpha value is -6.38. The van der Waals surface area contributed by atoms with Crippen LogP contribution in [0.15, 0.2) is 192 Å². The van der Waals surface area contributed by atoms with Gasteiger partial charge in [-0.2, -0.15) is 0 Å². The van der Waals surface area contributed by atoms with Crippen molar-refractivity contribution in [1.82, 2.24) is 0 Å². The van der Waals surface area contributed by atoms with Crippen molar-refractivity contribution in [1.29, 1.82) is 0 Å². The third-order valence-corrected chi connectivity index (χ3v) is 14.5. The molecule has 1 heterocycles. The molecule has 0 bridgehead atoms. The first-order valence-electron chi connectivity index (χ1n) is 22.1. The van der Waals surface area contributed by atoms with Gasteiger partial charge in [-0.25, -0.2) is 8.42 Å². The number of methoxy groups -OCH3 is 4. The molecule has 69 heavy (non-hydrogen) atoms. The third kappa shape index (κ3) is 10.8. The minimum Gasteiger partial charge on any atom is -0.748 e. The molecule has 0 aliphatic carbocycles. The smallest absolute Gasteiger partial charge is 0.748 e. The Bertz CT molecular complexity index is 2830. The number of benzene rings is 8. The van der Waals surface area contributed by atoms with E-state index in [1.54, 1.807) is 40.2 Å². The van der Waals surface area contributed by atoms with E-state index >= 15 is 0 Å². The fourth-order valence-electron chi connectivity index (χ4n) is 8.37. The number of hydrogen-bond acceptors (Lipinski definition) is 11. The molecule has 8 aromatic carbocycles. The van der Waals surface area contributed by atoms with E-state index in [2.05, 4.69) is 99.6 Å². The first kappa shape index (κ1) is 49.1. The van der Waals surface area contributed by atoms with E-state index in [9.17, 15) is 13.0 Å². The summed E-state index contributed by atoms with van der Waals surface area (Å²) in [4.78, 5) is 8.57. The molecule has 0 radical (unpaired) electrons. The minimum atomic E-state index is -4.46. The van der Waals surface area contributed by atoms with Crippen molar-refractivity contribution in [2.24, 2.45) is 0 Å². The van der Waals surface area contributed by atoms with E-state index in [0.717, 1.165) is 101 Å². The topological polar surface area (TPSA) is 104 Å². The van der Waals surface area contributed by atoms with Crippen LogP contribution in [0.25, 0.3) is 22.3 Å². The first-order valence-corrected chi connectivity index (χ1v) is 24.4. The first-order chi connectivity index (χ1) is 33.0. The summed E-state index contributed by atoms with van der Waals surface area (Å²) < 4.78 is 57.9. The fraction of sp³-hybridized carbons (Fsp3) is 0.143. The Morgan fingerprint density at radius 2 is 0.739 bits per heavy atom. The zero-order valence-corrected chi connectivity index (χ0v) is 43.0. The van der Waals surface area contributed by atoms with Gasteiger partial charge in [0.1, 0.15) is 23.0 Å². The fourth-order valence-corrected chi connectivity index (χ4v) is 9.94. The number of rotatable bonds is 16. The van der Waals surface area contributed by atoms with Crippen LogP contribution in [0.1, 0.15) is 13.3 Å². The second-order valence-electron chi connectivity index (χ2n) is 16.3. The zero-order valence-electron chi connectivity index (χ0n) is 39.3. The number of nitrogens with zero attached hydrogens (tertiary/aromatic N) is 3.